The van der Waals surface area contributed by atoms with Gasteiger partial charge in [0, 0.05) is 17.1 Å². The Morgan fingerprint density at radius 3 is 2.22 bits per heavy atom. The molecular weight excluding hydrogens is 444 g/mol. The molecule has 1 fully saturated rings. The Morgan fingerprint density at radius 1 is 1.22 bits per heavy atom. The van der Waals surface area contributed by atoms with Crippen molar-refractivity contribution in [2.45, 2.75) is 52.0 Å². The van der Waals surface area contributed by atoms with Crippen LogP contribution in [-0.4, -0.2) is 29.2 Å². The van der Waals surface area contributed by atoms with E-state index in [9.17, 15) is 18.0 Å². The van der Waals surface area contributed by atoms with Gasteiger partial charge in [-0.25, -0.2) is 0 Å². The van der Waals surface area contributed by atoms with E-state index in [1.807, 2.05) is 27.7 Å². The zero-order valence-corrected chi connectivity index (χ0v) is 18.1. The number of alkyl halides is 3. The van der Waals surface area contributed by atoms with E-state index in [2.05, 4.69) is 15.9 Å². The van der Waals surface area contributed by atoms with Crippen molar-refractivity contribution in [2.75, 3.05) is 5.75 Å². The van der Waals surface area contributed by atoms with Crippen molar-refractivity contribution in [3.05, 3.63) is 39.3 Å². The largest absolute Gasteiger partial charge is 0.491 e. The van der Waals surface area contributed by atoms with Crippen molar-refractivity contribution < 1.29 is 27.3 Å². The number of carbonyl (C=O) groups excluding carboxylic acids is 1. The summed E-state index contributed by atoms with van der Waals surface area (Å²) < 4.78 is 51.0. The van der Waals surface area contributed by atoms with Gasteiger partial charge in [-0.3, -0.25) is 4.79 Å². The molecule has 27 heavy (non-hydrogen) atoms. The molecule has 1 aromatic rings. The Labute approximate surface area is 170 Å². The van der Waals surface area contributed by atoms with Crippen LogP contribution in [0, 0.1) is 0 Å². The molecule has 2 rings (SSSR count). The molecule has 0 atom stereocenters. The molecule has 0 saturated carbocycles. The fourth-order valence-electron chi connectivity index (χ4n) is 2.38. The molecule has 0 amide bonds. The molecule has 0 unspecified atom stereocenters. The summed E-state index contributed by atoms with van der Waals surface area (Å²) in [4.78, 5) is 11.4. The minimum atomic E-state index is -4.41. The van der Waals surface area contributed by atoms with Crippen LogP contribution in [0.3, 0.4) is 0 Å². The Bertz CT molecular complexity index is 747. The van der Waals surface area contributed by atoms with E-state index in [1.54, 1.807) is 6.08 Å². The van der Waals surface area contributed by atoms with Gasteiger partial charge >= 0.3 is 13.3 Å². The van der Waals surface area contributed by atoms with Gasteiger partial charge in [0.05, 0.1) is 16.8 Å². The van der Waals surface area contributed by atoms with Gasteiger partial charge in [0.2, 0.25) is 0 Å². The first kappa shape index (κ1) is 22.5. The normalized spacial score (nSPS) is 19.4. The zero-order valence-electron chi connectivity index (χ0n) is 15.7. The van der Waals surface area contributed by atoms with E-state index in [4.69, 9.17) is 9.31 Å². The summed E-state index contributed by atoms with van der Waals surface area (Å²) in [6.07, 6.45) is -2.70. The quantitative estimate of drug-likeness (QED) is 0.530. The third-order valence-electron chi connectivity index (χ3n) is 4.67. The van der Waals surface area contributed by atoms with Crippen molar-refractivity contribution in [2.24, 2.45) is 0 Å². The molecule has 9 heteroatoms. The van der Waals surface area contributed by atoms with Crippen LogP contribution in [0.15, 0.2) is 28.1 Å². The molecule has 0 radical (unpaired) electrons. The fourth-order valence-corrected chi connectivity index (χ4v) is 3.46. The minimum absolute atomic E-state index is 0.0658. The van der Waals surface area contributed by atoms with Crippen LogP contribution in [0.2, 0.25) is 0 Å². The van der Waals surface area contributed by atoms with Crippen molar-refractivity contribution in [3.8, 4) is 0 Å². The maximum Gasteiger partial charge on any atom is 0.491 e. The standard InChI is InChI=1S/C18H21BBrF3O3S/c1-11(24)27-10-14(19-25-16(2,3)17(4,5)26-19)8-12-6-7-13(9-15(12)20)18(21,22)23/h6-9H,10H2,1-5H3. The van der Waals surface area contributed by atoms with Crippen molar-refractivity contribution >= 4 is 46.0 Å². The van der Waals surface area contributed by atoms with Gasteiger partial charge in [0.25, 0.3) is 0 Å². The summed E-state index contributed by atoms with van der Waals surface area (Å²) >= 11 is 4.30. The molecule has 1 aliphatic heterocycles. The Hall–Kier alpha value is -0.765. The van der Waals surface area contributed by atoms with Crippen LogP contribution in [-0.2, 0) is 20.3 Å². The molecular formula is C18H21BBrF3O3S. The Morgan fingerprint density at radius 2 is 1.78 bits per heavy atom. The number of benzene rings is 1. The maximum atomic E-state index is 12.9. The first-order valence-electron chi connectivity index (χ1n) is 8.29. The van der Waals surface area contributed by atoms with E-state index in [0.29, 0.717) is 21.3 Å². The number of thioether (sulfide) groups is 1. The number of carbonyl (C=O) groups is 1. The highest BCUT2D eigenvalue weighted by atomic mass is 79.9. The van der Waals surface area contributed by atoms with Crippen LogP contribution in [0.25, 0.3) is 6.08 Å². The van der Waals surface area contributed by atoms with E-state index < -0.39 is 30.1 Å². The number of hydrogen-bond donors (Lipinski definition) is 0. The van der Waals surface area contributed by atoms with Crippen molar-refractivity contribution in [1.29, 1.82) is 0 Å². The topological polar surface area (TPSA) is 35.5 Å². The summed E-state index contributed by atoms with van der Waals surface area (Å²) in [6, 6.07) is 3.44. The second-order valence-electron chi connectivity index (χ2n) is 7.32. The molecule has 1 saturated heterocycles. The molecule has 1 aromatic carbocycles. The predicted molar refractivity (Wildman–Crippen MR) is 106 cm³/mol. The third-order valence-corrected chi connectivity index (χ3v) is 6.24. The summed E-state index contributed by atoms with van der Waals surface area (Å²) in [5.41, 5.74) is -0.627. The van der Waals surface area contributed by atoms with Gasteiger partial charge in [-0.2, -0.15) is 13.2 Å². The van der Waals surface area contributed by atoms with Gasteiger partial charge in [-0.15, -0.1) is 0 Å². The average molecular weight is 465 g/mol. The summed E-state index contributed by atoms with van der Waals surface area (Å²) in [7, 11) is -0.684. The van der Waals surface area contributed by atoms with E-state index in [0.717, 1.165) is 23.9 Å². The zero-order chi connectivity index (χ0) is 20.6. The van der Waals surface area contributed by atoms with E-state index >= 15 is 0 Å². The van der Waals surface area contributed by atoms with Crippen molar-refractivity contribution in [3.63, 3.8) is 0 Å². The highest BCUT2D eigenvalue weighted by Crippen LogP contribution is 2.40. The molecule has 1 heterocycles. The van der Waals surface area contributed by atoms with Gasteiger partial charge in [0.1, 0.15) is 0 Å². The lowest BCUT2D eigenvalue weighted by molar-refractivity contribution is -0.137. The second-order valence-corrected chi connectivity index (χ2v) is 9.33. The lowest BCUT2D eigenvalue weighted by Crippen LogP contribution is -2.41. The molecule has 0 aromatic heterocycles. The molecule has 1 aliphatic rings. The first-order chi connectivity index (χ1) is 12.2. The van der Waals surface area contributed by atoms with Crippen LogP contribution in [0.1, 0.15) is 45.7 Å². The Kier molecular flexibility index (Phi) is 6.61. The summed E-state index contributed by atoms with van der Waals surface area (Å²) in [5, 5.41) is -0.0658. The fraction of sp³-hybridized carbons (Fsp3) is 0.500. The van der Waals surface area contributed by atoms with Crippen molar-refractivity contribution in [1.82, 2.24) is 0 Å². The highest BCUT2D eigenvalue weighted by Gasteiger charge is 2.52. The number of rotatable bonds is 4. The number of hydrogen-bond acceptors (Lipinski definition) is 4. The first-order valence-corrected chi connectivity index (χ1v) is 10.1. The van der Waals surface area contributed by atoms with Gasteiger partial charge < -0.3 is 9.31 Å². The van der Waals surface area contributed by atoms with E-state index in [1.165, 1.54) is 13.0 Å². The maximum absolute atomic E-state index is 12.9. The van der Waals surface area contributed by atoms with Gasteiger partial charge in [-0.05, 0) is 50.9 Å². The van der Waals surface area contributed by atoms with Crippen LogP contribution in [0.4, 0.5) is 13.2 Å². The monoisotopic (exact) mass is 464 g/mol. The van der Waals surface area contributed by atoms with Gasteiger partial charge in [-0.1, -0.05) is 39.8 Å². The Balaban J connectivity index is 2.39. The number of halogens is 4. The lowest BCUT2D eigenvalue weighted by atomic mass is 9.78. The predicted octanol–water partition coefficient (Wildman–Crippen LogP) is 5.76. The molecule has 148 valence electrons. The minimum Gasteiger partial charge on any atom is -0.400 e. The van der Waals surface area contributed by atoms with Crippen LogP contribution < -0.4 is 0 Å². The average Bonchev–Trinajstić information content (AvgIpc) is 2.71. The second kappa shape index (κ2) is 7.93. The molecule has 0 bridgehead atoms. The summed E-state index contributed by atoms with van der Waals surface area (Å²) in [6.45, 7) is 9.11. The van der Waals surface area contributed by atoms with Gasteiger partial charge in [0.15, 0.2) is 5.12 Å². The SMILES string of the molecule is CC(=O)SCC(=Cc1ccc(C(F)(F)F)cc1Br)B1OC(C)(C)C(C)(C)O1. The van der Waals surface area contributed by atoms with Crippen LogP contribution >= 0.6 is 27.7 Å². The third kappa shape index (κ3) is 5.40. The molecule has 3 nitrogen and oxygen atoms in total. The smallest absolute Gasteiger partial charge is 0.400 e. The molecule has 0 spiro atoms. The van der Waals surface area contributed by atoms with Crippen LogP contribution in [0.5, 0.6) is 0 Å². The molecule has 0 aliphatic carbocycles. The summed E-state index contributed by atoms with van der Waals surface area (Å²) in [5.74, 6) is 0.319. The lowest BCUT2D eigenvalue weighted by Gasteiger charge is -2.32. The molecule has 0 N–H and O–H groups in total. The highest BCUT2D eigenvalue weighted by molar-refractivity contribution is 9.10. The van der Waals surface area contributed by atoms with E-state index in [-0.39, 0.29) is 5.12 Å².